The van der Waals surface area contributed by atoms with Crippen LogP contribution in [0.4, 0.5) is 0 Å². The number of hydrogen-bond acceptors (Lipinski definition) is 2. The molecule has 2 nitrogen and oxygen atoms in total. The van der Waals surface area contributed by atoms with Crippen molar-refractivity contribution in [3.63, 3.8) is 0 Å². The van der Waals surface area contributed by atoms with Gasteiger partial charge in [0.25, 0.3) is 0 Å². The second-order valence-corrected chi connectivity index (χ2v) is 4.82. The molecule has 2 N–H and O–H groups in total. The van der Waals surface area contributed by atoms with Crippen molar-refractivity contribution in [1.82, 2.24) is 0 Å². The highest BCUT2D eigenvalue weighted by atomic mass is 16.5. The standard InChI is InChI=1S/C13H17NO/c1-15-11-3-2-9-6-10(8-14)13(4-5-13)12(9)7-11/h2-3,7,10H,4-6,8,14H2,1H3. The average Bonchev–Trinajstić information content (AvgIpc) is 2.99. The lowest BCUT2D eigenvalue weighted by Crippen LogP contribution is -2.23. The quantitative estimate of drug-likeness (QED) is 0.796. The second kappa shape index (κ2) is 2.99. The Kier molecular flexibility index (Phi) is 1.84. The molecule has 3 rings (SSSR count). The number of rotatable bonds is 2. The molecule has 1 aromatic carbocycles. The first kappa shape index (κ1) is 9.22. The molecule has 0 saturated heterocycles. The van der Waals surface area contributed by atoms with Gasteiger partial charge in [0.15, 0.2) is 0 Å². The van der Waals surface area contributed by atoms with Crippen LogP contribution in [0.1, 0.15) is 24.0 Å². The van der Waals surface area contributed by atoms with E-state index < -0.39 is 0 Å². The van der Waals surface area contributed by atoms with Crippen molar-refractivity contribution in [1.29, 1.82) is 0 Å². The summed E-state index contributed by atoms with van der Waals surface area (Å²) in [6.45, 7) is 0.816. The zero-order chi connectivity index (χ0) is 10.5. The fraction of sp³-hybridized carbons (Fsp3) is 0.538. The molecule has 1 fully saturated rings. The maximum atomic E-state index is 5.87. The number of benzene rings is 1. The Labute approximate surface area is 90.4 Å². The topological polar surface area (TPSA) is 35.2 Å². The van der Waals surface area contributed by atoms with Crippen molar-refractivity contribution >= 4 is 0 Å². The second-order valence-electron chi connectivity index (χ2n) is 4.82. The van der Waals surface area contributed by atoms with E-state index in [0.29, 0.717) is 11.3 Å². The van der Waals surface area contributed by atoms with Gasteiger partial charge in [-0.1, -0.05) is 6.07 Å². The third kappa shape index (κ3) is 1.14. The first-order valence-electron chi connectivity index (χ1n) is 5.67. The first-order chi connectivity index (χ1) is 7.30. The number of fused-ring (bicyclic) bond motifs is 2. The van der Waals surface area contributed by atoms with Crippen LogP contribution in [-0.2, 0) is 11.8 Å². The minimum Gasteiger partial charge on any atom is -0.497 e. The monoisotopic (exact) mass is 203 g/mol. The van der Waals surface area contributed by atoms with Gasteiger partial charge in [0.1, 0.15) is 5.75 Å². The molecule has 1 saturated carbocycles. The molecule has 0 amide bonds. The SMILES string of the molecule is COc1ccc2c(c1)C1(CC1)C(CN)C2. The summed E-state index contributed by atoms with van der Waals surface area (Å²) in [5.41, 5.74) is 9.30. The van der Waals surface area contributed by atoms with Gasteiger partial charge in [0, 0.05) is 5.41 Å². The smallest absolute Gasteiger partial charge is 0.119 e. The summed E-state index contributed by atoms with van der Waals surface area (Å²) in [4.78, 5) is 0. The zero-order valence-corrected chi connectivity index (χ0v) is 9.12. The summed E-state index contributed by atoms with van der Waals surface area (Å²) in [7, 11) is 1.73. The Morgan fingerprint density at radius 1 is 1.47 bits per heavy atom. The van der Waals surface area contributed by atoms with Crippen LogP contribution >= 0.6 is 0 Å². The normalized spacial score (nSPS) is 25.3. The van der Waals surface area contributed by atoms with Gasteiger partial charge in [-0.05, 0) is 55.0 Å². The predicted octanol–water partition coefficient (Wildman–Crippen LogP) is 1.86. The maximum absolute atomic E-state index is 5.87. The molecule has 0 bridgehead atoms. The fourth-order valence-corrected chi connectivity index (χ4v) is 3.13. The van der Waals surface area contributed by atoms with Crippen molar-refractivity contribution in [3.05, 3.63) is 29.3 Å². The molecular formula is C13H17NO. The minimum atomic E-state index is 0.429. The summed E-state index contributed by atoms with van der Waals surface area (Å²) in [6.07, 6.45) is 3.79. The molecule has 1 aromatic rings. The number of hydrogen-bond donors (Lipinski definition) is 1. The van der Waals surface area contributed by atoms with Gasteiger partial charge >= 0.3 is 0 Å². The van der Waals surface area contributed by atoms with Gasteiger partial charge in [0.05, 0.1) is 7.11 Å². The summed E-state index contributed by atoms with van der Waals surface area (Å²) >= 11 is 0. The third-order valence-corrected chi connectivity index (χ3v) is 4.17. The molecule has 0 aliphatic heterocycles. The molecular weight excluding hydrogens is 186 g/mol. The molecule has 2 heteroatoms. The Bertz CT molecular complexity index is 396. The zero-order valence-electron chi connectivity index (χ0n) is 9.12. The fourth-order valence-electron chi connectivity index (χ4n) is 3.13. The summed E-state index contributed by atoms with van der Waals surface area (Å²) in [6, 6.07) is 6.50. The van der Waals surface area contributed by atoms with Crippen LogP contribution in [0.15, 0.2) is 18.2 Å². The molecule has 1 unspecified atom stereocenters. The van der Waals surface area contributed by atoms with E-state index in [2.05, 4.69) is 18.2 Å². The van der Waals surface area contributed by atoms with Gasteiger partial charge in [-0.25, -0.2) is 0 Å². The van der Waals surface area contributed by atoms with Crippen LogP contribution in [0.2, 0.25) is 0 Å². The van der Waals surface area contributed by atoms with E-state index in [1.54, 1.807) is 7.11 Å². The Morgan fingerprint density at radius 2 is 2.27 bits per heavy atom. The van der Waals surface area contributed by atoms with Gasteiger partial charge in [-0.2, -0.15) is 0 Å². The molecule has 1 atom stereocenters. The van der Waals surface area contributed by atoms with Gasteiger partial charge in [0.2, 0.25) is 0 Å². The molecule has 2 aliphatic carbocycles. The lowest BCUT2D eigenvalue weighted by Gasteiger charge is -2.17. The Balaban J connectivity index is 2.06. The molecule has 15 heavy (non-hydrogen) atoms. The summed E-state index contributed by atoms with van der Waals surface area (Å²) in [5.74, 6) is 1.65. The first-order valence-corrected chi connectivity index (χ1v) is 5.67. The lowest BCUT2D eigenvalue weighted by atomic mass is 9.89. The molecule has 0 aromatic heterocycles. The van der Waals surface area contributed by atoms with E-state index in [1.165, 1.54) is 24.0 Å². The van der Waals surface area contributed by atoms with Crippen LogP contribution in [0.3, 0.4) is 0 Å². The minimum absolute atomic E-state index is 0.429. The van der Waals surface area contributed by atoms with Crippen molar-refractivity contribution < 1.29 is 4.74 Å². The van der Waals surface area contributed by atoms with Crippen LogP contribution < -0.4 is 10.5 Å². The van der Waals surface area contributed by atoms with Crippen molar-refractivity contribution in [2.45, 2.75) is 24.7 Å². The molecule has 2 aliphatic rings. The largest absolute Gasteiger partial charge is 0.497 e. The lowest BCUT2D eigenvalue weighted by molar-refractivity contribution is 0.412. The molecule has 0 radical (unpaired) electrons. The Morgan fingerprint density at radius 3 is 2.87 bits per heavy atom. The molecule has 0 heterocycles. The number of methoxy groups -OCH3 is 1. The van der Waals surface area contributed by atoms with E-state index in [0.717, 1.165) is 18.7 Å². The van der Waals surface area contributed by atoms with Gasteiger partial charge < -0.3 is 10.5 Å². The van der Waals surface area contributed by atoms with Crippen LogP contribution in [0.25, 0.3) is 0 Å². The van der Waals surface area contributed by atoms with E-state index in [4.69, 9.17) is 10.5 Å². The summed E-state index contributed by atoms with van der Waals surface area (Å²) in [5, 5.41) is 0. The third-order valence-electron chi connectivity index (χ3n) is 4.17. The van der Waals surface area contributed by atoms with E-state index >= 15 is 0 Å². The van der Waals surface area contributed by atoms with Crippen molar-refractivity contribution in [2.75, 3.05) is 13.7 Å². The highest BCUT2D eigenvalue weighted by Crippen LogP contribution is 2.60. The predicted molar refractivity (Wildman–Crippen MR) is 60.2 cm³/mol. The van der Waals surface area contributed by atoms with Crippen LogP contribution in [0, 0.1) is 5.92 Å². The maximum Gasteiger partial charge on any atom is 0.119 e. The number of ether oxygens (including phenoxy) is 1. The van der Waals surface area contributed by atoms with E-state index in [9.17, 15) is 0 Å². The molecule has 80 valence electrons. The van der Waals surface area contributed by atoms with Crippen LogP contribution in [0.5, 0.6) is 5.75 Å². The van der Waals surface area contributed by atoms with Crippen molar-refractivity contribution in [3.8, 4) is 5.75 Å². The van der Waals surface area contributed by atoms with Crippen molar-refractivity contribution in [2.24, 2.45) is 11.7 Å². The average molecular weight is 203 g/mol. The van der Waals surface area contributed by atoms with Gasteiger partial charge in [-0.3, -0.25) is 0 Å². The van der Waals surface area contributed by atoms with E-state index in [1.807, 2.05) is 0 Å². The molecule has 1 spiro atoms. The van der Waals surface area contributed by atoms with Gasteiger partial charge in [-0.15, -0.1) is 0 Å². The Hall–Kier alpha value is -1.02. The summed E-state index contributed by atoms with van der Waals surface area (Å²) < 4.78 is 5.30. The highest BCUT2D eigenvalue weighted by molar-refractivity contribution is 5.48. The number of nitrogens with two attached hydrogens (primary N) is 1. The van der Waals surface area contributed by atoms with E-state index in [-0.39, 0.29) is 0 Å². The van der Waals surface area contributed by atoms with Crippen LogP contribution in [-0.4, -0.2) is 13.7 Å². The highest BCUT2D eigenvalue weighted by Gasteiger charge is 2.54.